The number of aryl methyl sites for hydroxylation is 1. The van der Waals surface area contributed by atoms with Crippen molar-refractivity contribution in [1.29, 1.82) is 0 Å². The summed E-state index contributed by atoms with van der Waals surface area (Å²) in [6, 6.07) is 6.79. The van der Waals surface area contributed by atoms with E-state index in [0.29, 0.717) is 17.7 Å². The number of hydrogen-bond donors (Lipinski definition) is 3. The number of fused-ring (bicyclic) bond motifs is 2. The molecule has 2 unspecified atom stereocenters. The fourth-order valence-electron chi connectivity index (χ4n) is 4.81. The maximum absolute atomic E-state index is 12.7. The minimum atomic E-state index is -1.77. The molecule has 0 aliphatic carbocycles. The van der Waals surface area contributed by atoms with Crippen LogP contribution >= 0.6 is 0 Å². The van der Waals surface area contributed by atoms with Gasteiger partial charge >= 0.3 is 12.1 Å². The zero-order valence-corrected chi connectivity index (χ0v) is 22.6. The molecule has 0 saturated carbocycles. The topological polar surface area (TPSA) is 116 Å². The van der Waals surface area contributed by atoms with E-state index in [0.717, 1.165) is 23.3 Å². The van der Waals surface area contributed by atoms with Crippen molar-refractivity contribution < 1.29 is 29.0 Å². The van der Waals surface area contributed by atoms with Gasteiger partial charge < -0.3 is 20.0 Å². The predicted octanol–water partition coefficient (Wildman–Crippen LogP) is 4.16. The van der Waals surface area contributed by atoms with E-state index in [-0.39, 0.29) is 35.9 Å². The van der Waals surface area contributed by atoms with Crippen molar-refractivity contribution in [1.82, 2.24) is 10.2 Å². The molecule has 2 heterocycles. The van der Waals surface area contributed by atoms with E-state index in [1.807, 2.05) is 24.3 Å². The number of carboxylic acids is 1. The lowest BCUT2D eigenvalue weighted by molar-refractivity contribution is -0.137. The van der Waals surface area contributed by atoms with Crippen molar-refractivity contribution in [2.45, 2.75) is 76.7 Å². The molecule has 1 amide bonds. The highest BCUT2D eigenvalue weighted by Crippen LogP contribution is 2.43. The Morgan fingerprint density at radius 2 is 1.80 bits per heavy atom. The van der Waals surface area contributed by atoms with E-state index in [2.05, 4.69) is 39.2 Å². The van der Waals surface area contributed by atoms with Gasteiger partial charge in [-0.25, -0.2) is 9.59 Å². The second kappa shape index (κ2) is 9.87. The van der Waals surface area contributed by atoms with Gasteiger partial charge in [0.2, 0.25) is 0 Å². The van der Waals surface area contributed by atoms with E-state index in [1.165, 1.54) is 6.92 Å². The van der Waals surface area contributed by atoms with E-state index in [9.17, 15) is 24.6 Å². The average molecular weight is 503 g/mol. The largest absolute Gasteiger partial charge is 0.478 e. The van der Waals surface area contributed by atoms with Gasteiger partial charge in [-0.1, -0.05) is 45.0 Å². The van der Waals surface area contributed by atoms with Crippen LogP contribution < -0.4 is 5.32 Å². The maximum Gasteiger partial charge on any atom is 0.408 e. The quantitative estimate of drug-likeness (QED) is 0.361. The summed E-state index contributed by atoms with van der Waals surface area (Å²) in [6.07, 6.45) is 0.486. The number of carbonyl (C=O) groups is 3. The molecule has 3 N–H and O–H groups in total. The smallest absolute Gasteiger partial charge is 0.408 e. The molecule has 0 radical (unpaired) electrons. The number of carbonyl (C=O) groups excluding carboxylic acids is 1. The first-order chi connectivity index (χ1) is 16.2. The molecule has 1 aromatic rings. The summed E-state index contributed by atoms with van der Waals surface area (Å²) in [5.74, 6) is -1.46. The molecule has 0 spiro atoms. The molecule has 35 heavy (non-hydrogen) atoms. The van der Waals surface area contributed by atoms with Crippen molar-refractivity contribution in [3.05, 3.63) is 41.0 Å². The van der Waals surface area contributed by atoms with Crippen molar-refractivity contribution in [3.63, 3.8) is 0 Å². The normalized spacial score (nSPS) is 22.8. The number of carboxylic acid groups (broad SMARTS) is 2. The van der Waals surface area contributed by atoms with Crippen LogP contribution in [0.1, 0.15) is 51.7 Å². The van der Waals surface area contributed by atoms with Gasteiger partial charge in [-0.05, 0) is 54.6 Å². The Balaban J connectivity index is 1.83. The molecule has 0 aromatic heterocycles. The molecule has 8 nitrogen and oxygen atoms in total. The van der Waals surface area contributed by atoms with Crippen LogP contribution in [0.4, 0.5) is 4.79 Å². The zero-order valence-electron chi connectivity index (χ0n) is 21.6. The van der Waals surface area contributed by atoms with Gasteiger partial charge in [-0.2, -0.15) is 0 Å². The molecule has 1 fully saturated rings. The van der Waals surface area contributed by atoms with E-state index in [4.69, 9.17) is 4.43 Å². The minimum Gasteiger partial charge on any atom is -0.478 e. The van der Waals surface area contributed by atoms with E-state index >= 15 is 0 Å². The fraction of sp³-hybridized carbons (Fsp3) is 0.577. The van der Waals surface area contributed by atoms with Crippen LogP contribution in [0, 0.1) is 0 Å². The average Bonchev–Trinajstić information content (AvgIpc) is 2.75. The van der Waals surface area contributed by atoms with Crippen LogP contribution in [0.15, 0.2) is 29.8 Å². The maximum atomic E-state index is 12.7. The van der Waals surface area contributed by atoms with Gasteiger partial charge in [-0.3, -0.25) is 9.69 Å². The van der Waals surface area contributed by atoms with Gasteiger partial charge in [0.1, 0.15) is 5.54 Å². The number of nitrogens with one attached hydrogen (secondary N) is 1. The van der Waals surface area contributed by atoms with Crippen LogP contribution in [0.2, 0.25) is 18.1 Å². The molecule has 3 rings (SSSR count). The first kappa shape index (κ1) is 27.1. The van der Waals surface area contributed by atoms with Crippen LogP contribution in [-0.2, 0) is 20.4 Å². The number of Topliss-reactive ketones (excluding diaryl/α,β-unsaturated/α-hetero) is 1. The number of benzene rings is 1. The van der Waals surface area contributed by atoms with Crippen molar-refractivity contribution in [3.8, 4) is 0 Å². The van der Waals surface area contributed by atoms with Gasteiger partial charge in [0, 0.05) is 26.1 Å². The predicted molar refractivity (Wildman–Crippen MR) is 137 cm³/mol. The Morgan fingerprint density at radius 1 is 1.17 bits per heavy atom. The number of aliphatic carboxylic acids is 1. The highest BCUT2D eigenvalue weighted by molar-refractivity contribution is 6.74. The van der Waals surface area contributed by atoms with Crippen molar-refractivity contribution >= 4 is 31.7 Å². The number of hydrogen-bond acceptors (Lipinski definition) is 5. The third-order valence-electron chi connectivity index (χ3n) is 7.93. The lowest BCUT2D eigenvalue weighted by atomic mass is 9.73. The van der Waals surface area contributed by atoms with E-state index in [1.54, 1.807) is 0 Å². The number of rotatable bonds is 8. The second-order valence-electron chi connectivity index (χ2n) is 11.2. The highest BCUT2D eigenvalue weighted by atomic mass is 28.4. The molecule has 1 aromatic carbocycles. The first-order valence-electron chi connectivity index (χ1n) is 12.1. The number of piperazine rings is 1. The SMILES string of the molecule is CC(=O)C12CNCC(C(C(=O)O)=C(c3ccc(CCCO[Si](C)(C)C(C)(C)C)cc3)C1)N2C(=O)O. The summed E-state index contributed by atoms with van der Waals surface area (Å²) in [6.45, 7) is 13.5. The second-order valence-corrected chi connectivity index (χ2v) is 16.0. The Hall–Kier alpha value is -2.49. The highest BCUT2D eigenvalue weighted by Gasteiger charge is 2.56. The number of amides is 1. The summed E-state index contributed by atoms with van der Waals surface area (Å²) in [5, 5.41) is 23.1. The molecule has 192 valence electrons. The fourth-order valence-corrected chi connectivity index (χ4v) is 5.90. The summed E-state index contributed by atoms with van der Waals surface area (Å²) in [7, 11) is -1.77. The van der Waals surface area contributed by atoms with Gasteiger partial charge in [0.05, 0.1) is 11.6 Å². The third kappa shape index (κ3) is 5.22. The van der Waals surface area contributed by atoms with E-state index < -0.39 is 32.0 Å². The van der Waals surface area contributed by atoms with Crippen LogP contribution in [0.5, 0.6) is 0 Å². The Morgan fingerprint density at radius 3 is 2.31 bits per heavy atom. The van der Waals surface area contributed by atoms with Crippen molar-refractivity contribution in [2.75, 3.05) is 19.7 Å². The minimum absolute atomic E-state index is 0.0272. The van der Waals surface area contributed by atoms with Gasteiger partial charge in [-0.15, -0.1) is 0 Å². The first-order valence-corrected chi connectivity index (χ1v) is 15.1. The lowest BCUT2D eigenvalue weighted by Gasteiger charge is -2.52. The molecule has 2 aliphatic rings. The summed E-state index contributed by atoms with van der Waals surface area (Å²) < 4.78 is 6.26. The molecule has 2 bridgehead atoms. The molecule has 1 saturated heterocycles. The van der Waals surface area contributed by atoms with Crippen LogP contribution in [0.25, 0.3) is 5.57 Å². The van der Waals surface area contributed by atoms with Crippen LogP contribution in [-0.4, -0.2) is 72.6 Å². The Kier molecular flexibility index (Phi) is 7.64. The standard InChI is InChI=1S/C26H38N2O6Si/c1-17(29)26-14-20(22(23(30)31)21(15-27-16-26)28(26)24(32)33)19-11-9-18(10-12-19)8-7-13-34-35(5,6)25(2,3)4/h9-12,21,27H,7-8,13-16H2,1-6H3,(H,30,31)(H,32,33). The molecule has 9 heteroatoms. The monoisotopic (exact) mass is 502 g/mol. The third-order valence-corrected chi connectivity index (χ3v) is 12.5. The number of nitrogens with zero attached hydrogens (tertiary/aromatic N) is 1. The summed E-state index contributed by atoms with van der Waals surface area (Å²) in [5.41, 5.74) is 1.09. The Bertz CT molecular complexity index is 1030. The summed E-state index contributed by atoms with van der Waals surface area (Å²) >= 11 is 0. The Labute approximate surface area is 208 Å². The number of ketones is 1. The van der Waals surface area contributed by atoms with Gasteiger partial charge in [0.15, 0.2) is 14.1 Å². The lowest BCUT2D eigenvalue weighted by Crippen LogP contribution is -2.72. The van der Waals surface area contributed by atoms with Crippen LogP contribution in [0.3, 0.4) is 0 Å². The molecule has 2 aliphatic heterocycles. The summed E-state index contributed by atoms with van der Waals surface area (Å²) in [4.78, 5) is 38.1. The van der Waals surface area contributed by atoms with Crippen molar-refractivity contribution in [2.24, 2.45) is 0 Å². The zero-order chi connectivity index (χ0) is 26.2. The molecular formula is C26H38N2O6Si. The molecule has 2 atom stereocenters. The van der Waals surface area contributed by atoms with Gasteiger partial charge in [0.25, 0.3) is 0 Å². The molecular weight excluding hydrogens is 464 g/mol.